The number of nitro benzene ring substituents is 1. The Bertz CT molecular complexity index is 620. The van der Waals surface area contributed by atoms with Gasteiger partial charge < -0.3 is 10.4 Å². The Kier molecular flexibility index (Phi) is 5.47. The summed E-state index contributed by atoms with van der Waals surface area (Å²) in [4.78, 5) is 31.8. The van der Waals surface area contributed by atoms with Gasteiger partial charge in [-0.2, -0.15) is 13.2 Å². The highest BCUT2D eigenvalue weighted by Gasteiger charge is 2.41. The van der Waals surface area contributed by atoms with Crippen LogP contribution in [0.1, 0.15) is 5.56 Å². The number of carbonyl (C=O) groups excluding carboxylic acids is 1. The Balaban J connectivity index is 3.05. The van der Waals surface area contributed by atoms with Gasteiger partial charge >= 0.3 is 18.1 Å². The largest absolute Gasteiger partial charge is 0.480 e. The number of carbonyl (C=O) groups is 2. The fourth-order valence-electron chi connectivity index (χ4n) is 1.54. The van der Waals surface area contributed by atoms with Crippen LogP contribution in [0.4, 0.5) is 18.9 Å². The van der Waals surface area contributed by atoms with Crippen molar-refractivity contribution in [2.75, 3.05) is 0 Å². The highest BCUT2D eigenvalue weighted by atomic mass is 79.9. The van der Waals surface area contributed by atoms with E-state index < -0.39 is 41.1 Å². The average Bonchev–Trinajstić information content (AvgIpc) is 2.38. The summed E-state index contributed by atoms with van der Waals surface area (Å²) in [5, 5.41) is 21.0. The molecule has 0 spiro atoms. The van der Waals surface area contributed by atoms with Crippen LogP contribution < -0.4 is 5.32 Å². The number of aliphatic carboxylic acids is 1. The van der Waals surface area contributed by atoms with Gasteiger partial charge in [0.05, 0.1) is 4.92 Å². The summed E-state index contributed by atoms with van der Waals surface area (Å²) in [5.74, 6) is -4.17. The number of benzene rings is 1. The number of carboxylic acids is 1. The summed E-state index contributed by atoms with van der Waals surface area (Å²) in [6, 6.07) is 1.69. The molecule has 1 unspecified atom stereocenters. The van der Waals surface area contributed by atoms with Crippen LogP contribution in [-0.2, 0) is 16.0 Å². The van der Waals surface area contributed by atoms with Gasteiger partial charge in [-0.05, 0) is 6.07 Å². The number of alkyl halides is 3. The number of hydrogen-bond donors (Lipinski definition) is 2. The van der Waals surface area contributed by atoms with Gasteiger partial charge in [-0.1, -0.05) is 22.0 Å². The Morgan fingerprint density at radius 2 is 2.00 bits per heavy atom. The van der Waals surface area contributed by atoms with Crippen molar-refractivity contribution in [3.05, 3.63) is 38.3 Å². The van der Waals surface area contributed by atoms with E-state index in [1.54, 1.807) is 0 Å². The second-order valence-electron chi connectivity index (χ2n) is 4.10. The minimum atomic E-state index is -5.25. The van der Waals surface area contributed by atoms with Crippen molar-refractivity contribution in [3.8, 4) is 0 Å². The molecule has 22 heavy (non-hydrogen) atoms. The van der Waals surface area contributed by atoms with E-state index in [0.717, 1.165) is 6.07 Å². The van der Waals surface area contributed by atoms with E-state index in [1.165, 1.54) is 17.4 Å². The number of carboxylic acid groups (broad SMARTS) is 1. The molecule has 0 aromatic heterocycles. The minimum Gasteiger partial charge on any atom is -0.480 e. The van der Waals surface area contributed by atoms with Gasteiger partial charge in [0.15, 0.2) is 0 Å². The van der Waals surface area contributed by atoms with E-state index in [9.17, 15) is 32.9 Å². The van der Waals surface area contributed by atoms with E-state index >= 15 is 0 Å². The van der Waals surface area contributed by atoms with Gasteiger partial charge in [-0.25, -0.2) is 4.79 Å². The van der Waals surface area contributed by atoms with Crippen LogP contribution in [0.25, 0.3) is 0 Å². The SMILES string of the molecule is O=C(O)C(Cc1ccc(Br)cc1[N+](=O)[O-])NC(=O)C(F)(F)F. The molecule has 11 heteroatoms. The molecule has 1 aromatic rings. The standard InChI is InChI=1S/C11H8BrF3N2O5/c12-6-2-1-5(8(4-6)17(21)22)3-7(9(18)19)16-10(20)11(13,14)15/h1-2,4,7H,3H2,(H,16,20)(H,18,19). The van der Waals surface area contributed by atoms with E-state index in [2.05, 4.69) is 15.9 Å². The second kappa shape index (κ2) is 6.73. The van der Waals surface area contributed by atoms with E-state index in [1.807, 2.05) is 0 Å². The summed E-state index contributed by atoms with van der Waals surface area (Å²) >= 11 is 2.99. The molecule has 0 saturated carbocycles. The molecule has 1 amide bonds. The lowest BCUT2D eigenvalue weighted by molar-refractivity contribution is -0.385. The number of amides is 1. The molecule has 0 fully saturated rings. The van der Waals surface area contributed by atoms with Gasteiger partial charge in [-0.15, -0.1) is 0 Å². The van der Waals surface area contributed by atoms with Crippen LogP contribution in [0.5, 0.6) is 0 Å². The zero-order chi connectivity index (χ0) is 17.1. The summed E-state index contributed by atoms with van der Waals surface area (Å²) in [6.45, 7) is 0. The quantitative estimate of drug-likeness (QED) is 0.596. The first-order valence-corrected chi connectivity index (χ1v) is 6.35. The third-order valence-corrected chi connectivity index (χ3v) is 3.02. The number of rotatable bonds is 5. The molecule has 1 rings (SSSR count). The topological polar surface area (TPSA) is 110 Å². The molecule has 7 nitrogen and oxygen atoms in total. The lowest BCUT2D eigenvalue weighted by Gasteiger charge is -2.15. The van der Waals surface area contributed by atoms with Crippen molar-refractivity contribution in [2.45, 2.75) is 18.6 Å². The lowest BCUT2D eigenvalue weighted by Crippen LogP contribution is -2.47. The van der Waals surface area contributed by atoms with Gasteiger partial charge in [0.25, 0.3) is 5.69 Å². The van der Waals surface area contributed by atoms with E-state index in [4.69, 9.17) is 5.11 Å². The molecule has 0 aliphatic rings. The first-order valence-electron chi connectivity index (χ1n) is 5.55. The molecule has 1 atom stereocenters. The van der Waals surface area contributed by atoms with Crippen molar-refractivity contribution < 1.29 is 32.8 Å². The zero-order valence-corrected chi connectivity index (χ0v) is 12.1. The molecule has 0 heterocycles. The third kappa shape index (κ3) is 4.69. The Labute approximate surface area is 129 Å². The van der Waals surface area contributed by atoms with Crippen LogP contribution in [0.15, 0.2) is 22.7 Å². The van der Waals surface area contributed by atoms with E-state index in [0.29, 0.717) is 4.47 Å². The summed E-state index contributed by atoms with van der Waals surface area (Å²) in [7, 11) is 0. The Hall–Kier alpha value is -2.17. The first-order chi connectivity index (χ1) is 10.0. The highest BCUT2D eigenvalue weighted by Crippen LogP contribution is 2.25. The number of hydrogen-bond acceptors (Lipinski definition) is 4. The summed E-state index contributed by atoms with van der Waals surface area (Å²) in [5.41, 5.74) is -0.593. The number of halogens is 4. The lowest BCUT2D eigenvalue weighted by atomic mass is 10.0. The maximum Gasteiger partial charge on any atom is 0.471 e. The first kappa shape index (κ1) is 17.9. The Morgan fingerprint density at radius 1 is 1.41 bits per heavy atom. The van der Waals surface area contributed by atoms with Crippen molar-refractivity contribution in [2.24, 2.45) is 0 Å². The second-order valence-corrected chi connectivity index (χ2v) is 5.01. The molecular weight excluding hydrogens is 377 g/mol. The summed E-state index contributed by atoms with van der Waals surface area (Å²) in [6.07, 6.45) is -5.92. The maximum atomic E-state index is 12.2. The van der Waals surface area contributed by atoms with Gasteiger partial charge in [0, 0.05) is 22.5 Å². The normalized spacial score (nSPS) is 12.5. The average molecular weight is 385 g/mol. The monoisotopic (exact) mass is 384 g/mol. The smallest absolute Gasteiger partial charge is 0.471 e. The van der Waals surface area contributed by atoms with Gasteiger partial charge in [-0.3, -0.25) is 14.9 Å². The van der Waals surface area contributed by atoms with E-state index in [-0.39, 0.29) is 5.56 Å². The molecule has 0 aliphatic heterocycles. The fraction of sp³-hybridized carbons (Fsp3) is 0.273. The van der Waals surface area contributed by atoms with Crippen molar-refractivity contribution >= 4 is 33.5 Å². The summed E-state index contributed by atoms with van der Waals surface area (Å²) < 4.78 is 36.8. The van der Waals surface area contributed by atoms with Crippen molar-refractivity contribution in [1.29, 1.82) is 0 Å². The fourth-order valence-corrected chi connectivity index (χ4v) is 1.89. The Morgan fingerprint density at radius 3 is 2.45 bits per heavy atom. The molecule has 0 aliphatic carbocycles. The zero-order valence-electron chi connectivity index (χ0n) is 10.6. The van der Waals surface area contributed by atoms with Crippen molar-refractivity contribution in [1.82, 2.24) is 5.32 Å². The highest BCUT2D eigenvalue weighted by molar-refractivity contribution is 9.10. The number of nitro groups is 1. The molecule has 120 valence electrons. The molecule has 1 aromatic carbocycles. The molecule has 0 radical (unpaired) electrons. The van der Waals surface area contributed by atoms with Crippen LogP contribution in [0.3, 0.4) is 0 Å². The van der Waals surface area contributed by atoms with Crippen LogP contribution in [-0.4, -0.2) is 34.1 Å². The maximum absolute atomic E-state index is 12.2. The number of nitrogens with zero attached hydrogens (tertiary/aromatic N) is 1. The predicted molar refractivity (Wildman–Crippen MR) is 70.1 cm³/mol. The number of nitrogens with one attached hydrogen (secondary N) is 1. The van der Waals surface area contributed by atoms with Crippen LogP contribution in [0.2, 0.25) is 0 Å². The molecule has 0 bridgehead atoms. The van der Waals surface area contributed by atoms with Gasteiger partial charge in [0.1, 0.15) is 6.04 Å². The minimum absolute atomic E-state index is 0.122. The molecular formula is C11H8BrF3N2O5. The molecule has 2 N–H and O–H groups in total. The van der Waals surface area contributed by atoms with Crippen LogP contribution in [0, 0.1) is 10.1 Å². The third-order valence-electron chi connectivity index (χ3n) is 2.53. The van der Waals surface area contributed by atoms with Crippen molar-refractivity contribution in [3.63, 3.8) is 0 Å². The predicted octanol–water partition coefficient (Wildman–Crippen LogP) is 2.03. The van der Waals surface area contributed by atoms with Gasteiger partial charge in [0.2, 0.25) is 0 Å². The molecule has 0 saturated heterocycles. The van der Waals surface area contributed by atoms with Crippen LogP contribution >= 0.6 is 15.9 Å².